The minimum Gasteiger partial charge on any atom is -0.337 e. The lowest BCUT2D eigenvalue weighted by Gasteiger charge is -2.48. The Bertz CT molecular complexity index is 1320. The fraction of sp³-hybridized carbons (Fsp3) is 0.548. The van der Waals surface area contributed by atoms with E-state index in [1.165, 1.54) is 17.0 Å². The smallest absolute Gasteiger partial charge is 0.337 e. The number of piperidine rings is 1. The van der Waals surface area contributed by atoms with Crippen molar-refractivity contribution in [3.05, 3.63) is 70.0 Å². The highest BCUT2D eigenvalue weighted by Crippen LogP contribution is 2.39. The molecule has 6 nitrogen and oxygen atoms in total. The van der Waals surface area contributed by atoms with E-state index in [1.807, 2.05) is 11.8 Å². The second-order valence-electron chi connectivity index (χ2n) is 11.9. The van der Waals surface area contributed by atoms with Crippen molar-refractivity contribution in [3.8, 4) is 0 Å². The summed E-state index contributed by atoms with van der Waals surface area (Å²) in [5.74, 6) is -0.118. The number of carbonyl (C=O) groups excluding carboxylic acids is 2. The van der Waals surface area contributed by atoms with Crippen LogP contribution in [0.4, 0.5) is 22.4 Å². The quantitative estimate of drug-likeness (QED) is 0.416. The number of alkyl halides is 3. The maximum absolute atomic E-state index is 14.1. The van der Waals surface area contributed by atoms with Crippen molar-refractivity contribution in [2.75, 3.05) is 33.2 Å². The van der Waals surface area contributed by atoms with Gasteiger partial charge in [0.15, 0.2) is 0 Å². The van der Waals surface area contributed by atoms with Gasteiger partial charge >= 0.3 is 12.2 Å². The Morgan fingerprint density at radius 1 is 1.02 bits per heavy atom. The third kappa shape index (κ3) is 5.94. The van der Waals surface area contributed by atoms with Crippen LogP contribution in [0.3, 0.4) is 0 Å². The van der Waals surface area contributed by atoms with Gasteiger partial charge in [-0.2, -0.15) is 13.2 Å². The van der Waals surface area contributed by atoms with Gasteiger partial charge in [-0.3, -0.25) is 9.69 Å². The van der Waals surface area contributed by atoms with Crippen LogP contribution in [0.25, 0.3) is 0 Å². The lowest BCUT2D eigenvalue weighted by atomic mass is 9.88. The van der Waals surface area contributed by atoms with E-state index in [1.54, 1.807) is 37.9 Å². The van der Waals surface area contributed by atoms with Crippen LogP contribution < -0.4 is 0 Å². The van der Waals surface area contributed by atoms with E-state index in [9.17, 15) is 27.2 Å². The molecule has 2 aromatic carbocycles. The summed E-state index contributed by atoms with van der Waals surface area (Å²) in [5, 5.41) is 0. The van der Waals surface area contributed by atoms with Crippen LogP contribution in [0, 0.1) is 19.7 Å². The normalized spacial score (nSPS) is 24.4. The molecule has 3 saturated heterocycles. The molecule has 0 radical (unpaired) electrons. The van der Waals surface area contributed by atoms with E-state index in [2.05, 4.69) is 4.90 Å². The highest BCUT2D eigenvalue weighted by molar-refractivity contribution is 5.79. The van der Waals surface area contributed by atoms with E-state index < -0.39 is 17.8 Å². The second kappa shape index (κ2) is 11.3. The summed E-state index contributed by atoms with van der Waals surface area (Å²) in [6, 6.07) is 7.77. The third-order valence-corrected chi connectivity index (χ3v) is 9.25. The topological polar surface area (TPSA) is 47.1 Å². The van der Waals surface area contributed by atoms with Gasteiger partial charge in [0, 0.05) is 51.7 Å². The molecule has 0 aromatic heterocycles. The Balaban J connectivity index is 1.39. The summed E-state index contributed by atoms with van der Waals surface area (Å²) in [6.45, 7) is 7.96. The molecule has 3 amide bonds. The molecular formula is C31H38F4N4O2. The van der Waals surface area contributed by atoms with Crippen LogP contribution in [0.1, 0.15) is 72.5 Å². The van der Waals surface area contributed by atoms with E-state index in [4.69, 9.17) is 0 Å². The molecule has 0 spiro atoms. The molecule has 3 aliphatic heterocycles. The number of halogens is 4. The average Bonchev–Trinajstić information content (AvgIpc) is 3.30. The van der Waals surface area contributed by atoms with Crippen molar-refractivity contribution in [3.63, 3.8) is 0 Å². The third-order valence-electron chi connectivity index (χ3n) is 9.25. The molecule has 222 valence electrons. The molecule has 0 saturated carbocycles. The van der Waals surface area contributed by atoms with Gasteiger partial charge < -0.3 is 14.7 Å². The number of hydrogen-bond acceptors (Lipinski definition) is 3. The van der Waals surface area contributed by atoms with Gasteiger partial charge in [0.05, 0.1) is 17.6 Å². The molecule has 10 heteroatoms. The molecule has 1 unspecified atom stereocenters. The first-order valence-electron chi connectivity index (χ1n) is 14.3. The summed E-state index contributed by atoms with van der Waals surface area (Å²) in [6.07, 6.45) is -1.62. The van der Waals surface area contributed by atoms with Gasteiger partial charge in [-0.15, -0.1) is 0 Å². The molecular weight excluding hydrogens is 536 g/mol. The molecule has 3 heterocycles. The van der Waals surface area contributed by atoms with Crippen molar-refractivity contribution >= 4 is 11.9 Å². The van der Waals surface area contributed by atoms with Gasteiger partial charge in [0.25, 0.3) is 0 Å². The Morgan fingerprint density at radius 3 is 2.49 bits per heavy atom. The van der Waals surface area contributed by atoms with E-state index in [0.717, 1.165) is 49.2 Å². The fourth-order valence-corrected chi connectivity index (χ4v) is 6.84. The number of benzene rings is 2. The minimum atomic E-state index is -4.48. The standard InChI is InChI=1S/C31H38F4N4O2/c1-19-13-22(16-23(14-19)31(33,34)35)21(3)36(4)30(41)39-10-9-25(17-28(39)27-7-5-24(32)15-20(27)2)37-11-12-38-26(18-37)6-8-29(38)40/h5,7,13-16,21,25-26,28H,6,8-12,17-18H2,1-4H3/t21-,25+,26+,28?/m1/s1. The number of piperazine rings is 1. The number of rotatable bonds is 4. The number of fused-ring (bicyclic) bond motifs is 1. The molecule has 4 atom stereocenters. The van der Waals surface area contributed by atoms with E-state index >= 15 is 0 Å². The molecule has 2 aromatic rings. The average molecular weight is 575 g/mol. The van der Waals surface area contributed by atoms with E-state index in [0.29, 0.717) is 37.1 Å². The molecule has 0 aliphatic carbocycles. The monoisotopic (exact) mass is 574 g/mol. The molecule has 0 N–H and O–H groups in total. The number of hydrogen-bond donors (Lipinski definition) is 0. The number of urea groups is 1. The Labute approximate surface area is 238 Å². The number of amides is 3. The van der Waals surface area contributed by atoms with Crippen molar-refractivity contribution in [2.24, 2.45) is 0 Å². The Hall–Kier alpha value is -3.14. The fourth-order valence-electron chi connectivity index (χ4n) is 6.84. The van der Waals surface area contributed by atoms with Crippen LogP contribution >= 0.6 is 0 Å². The van der Waals surface area contributed by atoms with Crippen molar-refractivity contribution in [1.29, 1.82) is 0 Å². The van der Waals surface area contributed by atoms with Gasteiger partial charge in [0.1, 0.15) is 5.82 Å². The zero-order valence-corrected chi connectivity index (χ0v) is 24.0. The zero-order valence-electron chi connectivity index (χ0n) is 24.0. The zero-order chi connectivity index (χ0) is 29.6. The summed E-state index contributed by atoms with van der Waals surface area (Å²) < 4.78 is 54.6. The summed E-state index contributed by atoms with van der Waals surface area (Å²) in [7, 11) is 1.62. The molecule has 0 bridgehead atoms. The van der Waals surface area contributed by atoms with Crippen LogP contribution in [-0.4, -0.2) is 76.8 Å². The number of nitrogens with zero attached hydrogens (tertiary/aromatic N) is 4. The lowest BCUT2D eigenvalue weighted by molar-refractivity contribution is -0.137. The predicted molar refractivity (Wildman–Crippen MR) is 148 cm³/mol. The van der Waals surface area contributed by atoms with Crippen molar-refractivity contribution in [2.45, 2.75) is 76.8 Å². The maximum atomic E-state index is 14.1. The second-order valence-corrected chi connectivity index (χ2v) is 11.9. The Kier molecular flexibility index (Phi) is 8.07. The highest BCUT2D eigenvalue weighted by Gasteiger charge is 2.42. The Morgan fingerprint density at radius 2 is 1.78 bits per heavy atom. The molecule has 3 fully saturated rings. The van der Waals surface area contributed by atoms with Crippen molar-refractivity contribution < 1.29 is 27.2 Å². The number of carbonyl (C=O) groups is 2. The van der Waals surface area contributed by atoms with Gasteiger partial charge in [-0.05, 0) is 81.0 Å². The molecule has 5 rings (SSSR count). The first kappa shape index (κ1) is 29.4. The van der Waals surface area contributed by atoms with Crippen LogP contribution in [0.5, 0.6) is 0 Å². The first-order valence-corrected chi connectivity index (χ1v) is 14.3. The summed E-state index contributed by atoms with van der Waals surface area (Å²) in [5.41, 5.74) is 1.79. The van der Waals surface area contributed by atoms with Gasteiger partial charge in [-0.25, -0.2) is 9.18 Å². The summed E-state index contributed by atoms with van der Waals surface area (Å²) in [4.78, 5) is 33.9. The van der Waals surface area contributed by atoms with Crippen molar-refractivity contribution in [1.82, 2.24) is 19.6 Å². The summed E-state index contributed by atoms with van der Waals surface area (Å²) >= 11 is 0. The van der Waals surface area contributed by atoms with Crippen LogP contribution in [0.15, 0.2) is 36.4 Å². The SMILES string of the molecule is Cc1cc([C@@H](C)N(C)C(=O)N2CC[C@H](N3CCN4C(=O)CC[C@H]4C3)CC2c2ccc(F)cc2C)cc(C(F)(F)F)c1. The van der Waals surface area contributed by atoms with E-state index in [-0.39, 0.29) is 35.9 Å². The number of likely N-dealkylation sites (tertiary alicyclic amines) is 1. The van der Waals surface area contributed by atoms with Gasteiger partial charge in [-0.1, -0.05) is 17.7 Å². The molecule has 41 heavy (non-hydrogen) atoms. The number of aryl methyl sites for hydroxylation is 2. The predicted octanol–water partition coefficient (Wildman–Crippen LogP) is 6.09. The maximum Gasteiger partial charge on any atom is 0.416 e. The first-order chi connectivity index (χ1) is 19.3. The van der Waals surface area contributed by atoms with Gasteiger partial charge in [0.2, 0.25) is 5.91 Å². The minimum absolute atomic E-state index is 0.195. The molecule has 3 aliphatic rings. The lowest BCUT2D eigenvalue weighted by Crippen LogP contribution is -2.57. The highest BCUT2D eigenvalue weighted by atomic mass is 19.4. The largest absolute Gasteiger partial charge is 0.416 e. The van der Waals surface area contributed by atoms with Crippen LogP contribution in [0.2, 0.25) is 0 Å². The van der Waals surface area contributed by atoms with Crippen LogP contribution in [-0.2, 0) is 11.0 Å².